The predicted molar refractivity (Wildman–Crippen MR) is 112 cm³/mol. The van der Waals surface area contributed by atoms with Crippen molar-refractivity contribution in [2.75, 3.05) is 33.3 Å². The van der Waals surface area contributed by atoms with Gasteiger partial charge in [-0.25, -0.2) is 0 Å². The third-order valence-electron chi connectivity index (χ3n) is 5.31. The molecule has 0 unspecified atom stereocenters. The molecule has 1 N–H and O–H groups in total. The summed E-state index contributed by atoms with van der Waals surface area (Å²) in [7, 11) is 1.52. The van der Waals surface area contributed by atoms with E-state index in [1.165, 1.54) is 13.2 Å². The smallest absolute Gasteiger partial charge is 0.270 e. The van der Waals surface area contributed by atoms with Crippen LogP contribution in [0.1, 0.15) is 31.4 Å². The van der Waals surface area contributed by atoms with Crippen LogP contribution in [0, 0.1) is 13.8 Å². The Kier molecular flexibility index (Phi) is 5.25. The number of carbonyl (C=O) groups excluding carboxylic acids is 2. The van der Waals surface area contributed by atoms with Gasteiger partial charge in [0.05, 0.1) is 23.7 Å². The van der Waals surface area contributed by atoms with Gasteiger partial charge in [0.1, 0.15) is 16.3 Å². The predicted octanol–water partition coefficient (Wildman–Crippen LogP) is 1.60. The molecule has 2 aromatic heterocycles. The maximum Gasteiger partial charge on any atom is 0.270 e. The summed E-state index contributed by atoms with van der Waals surface area (Å²) >= 11 is 1.08. The topological polar surface area (TPSA) is 108 Å². The van der Waals surface area contributed by atoms with E-state index in [1.807, 2.05) is 13.0 Å². The summed E-state index contributed by atoms with van der Waals surface area (Å²) in [6, 6.07) is 4.91. The minimum absolute atomic E-state index is 0.117. The highest BCUT2D eigenvalue weighted by molar-refractivity contribution is 7.07. The molecule has 9 nitrogen and oxygen atoms in total. The van der Waals surface area contributed by atoms with Crippen molar-refractivity contribution in [3.63, 3.8) is 0 Å². The minimum Gasteiger partial charge on any atom is -0.495 e. The molecule has 1 aliphatic rings. The van der Waals surface area contributed by atoms with Crippen LogP contribution in [-0.2, 0) is 0 Å². The van der Waals surface area contributed by atoms with Crippen LogP contribution in [0.3, 0.4) is 0 Å². The number of amides is 2. The molecule has 1 aliphatic heterocycles. The molecule has 0 spiro atoms. The van der Waals surface area contributed by atoms with Crippen molar-refractivity contribution in [2.24, 2.45) is 0 Å². The number of hydrogen-bond acceptors (Lipinski definition) is 7. The molecular formula is C20H21N5O4S. The fourth-order valence-electron chi connectivity index (χ4n) is 3.64. The number of aryl methyl sites for hydroxylation is 2. The van der Waals surface area contributed by atoms with Crippen LogP contribution < -0.4 is 10.2 Å². The van der Waals surface area contributed by atoms with Gasteiger partial charge in [0, 0.05) is 32.2 Å². The van der Waals surface area contributed by atoms with E-state index >= 15 is 0 Å². The zero-order valence-electron chi connectivity index (χ0n) is 16.9. The van der Waals surface area contributed by atoms with E-state index < -0.39 is 0 Å². The van der Waals surface area contributed by atoms with Gasteiger partial charge >= 0.3 is 0 Å². The van der Waals surface area contributed by atoms with Crippen LogP contribution in [0.4, 0.5) is 0 Å². The zero-order valence-corrected chi connectivity index (χ0v) is 17.7. The first-order valence-electron chi connectivity index (χ1n) is 9.49. The summed E-state index contributed by atoms with van der Waals surface area (Å²) in [5.74, 6) is 0.112. The van der Waals surface area contributed by atoms with Crippen molar-refractivity contribution in [3.05, 3.63) is 50.3 Å². The average Bonchev–Trinajstić information content (AvgIpc) is 3.18. The molecule has 1 saturated heterocycles. The van der Waals surface area contributed by atoms with E-state index in [2.05, 4.69) is 14.6 Å². The summed E-state index contributed by atoms with van der Waals surface area (Å²) in [5, 5.41) is 4.39. The lowest BCUT2D eigenvalue weighted by molar-refractivity contribution is 0.0534. The normalized spacial score (nSPS) is 14.2. The fraction of sp³-hybridized carbons (Fsp3) is 0.350. The van der Waals surface area contributed by atoms with Crippen molar-refractivity contribution in [1.82, 2.24) is 24.4 Å². The van der Waals surface area contributed by atoms with Crippen molar-refractivity contribution in [1.29, 1.82) is 0 Å². The van der Waals surface area contributed by atoms with Gasteiger partial charge in [-0.3, -0.25) is 14.4 Å². The standard InChI is InChI=1S/C20H21N5O4S/c1-11-4-5-15(29-3)17-16(11)14(26)10-13(21-17)19(27)24-6-8-25(9-7-24)20(28)18-12(2)22-23-30-18/h4-5,10H,6-9H2,1-3H3,(H,21,26). The first kappa shape index (κ1) is 20.0. The minimum atomic E-state index is -0.278. The summed E-state index contributed by atoms with van der Waals surface area (Å²) in [5.41, 5.74) is 1.91. The Morgan fingerprint density at radius 2 is 1.77 bits per heavy atom. The Morgan fingerprint density at radius 3 is 2.37 bits per heavy atom. The van der Waals surface area contributed by atoms with Gasteiger partial charge in [-0.2, -0.15) is 0 Å². The van der Waals surface area contributed by atoms with Gasteiger partial charge in [0.15, 0.2) is 5.43 Å². The van der Waals surface area contributed by atoms with Crippen LogP contribution in [0.5, 0.6) is 5.75 Å². The first-order chi connectivity index (χ1) is 14.4. The van der Waals surface area contributed by atoms with Gasteiger partial charge in [-0.05, 0) is 37.0 Å². The highest BCUT2D eigenvalue weighted by atomic mass is 32.1. The van der Waals surface area contributed by atoms with Crippen LogP contribution in [0.2, 0.25) is 0 Å². The Bertz CT molecular complexity index is 1190. The lowest BCUT2D eigenvalue weighted by atomic mass is 10.1. The van der Waals surface area contributed by atoms with Crippen LogP contribution in [0.15, 0.2) is 23.0 Å². The van der Waals surface area contributed by atoms with Crippen molar-refractivity contribution >= 4 is 34.2 Å². The van der Waals surface area contributed by atoms with Crippen molar-refractivity contribution in [3.8, 4) is 5.75 Å². The molecule has 0 atom stereocenters. The fourth-order valence-corrected chi connectivity index (χ4v) is 4.27. The third-order valence-corrected chi connectivity index (χ3v) is 6.12. The van der Waals surface area contributed by atoms with E-state index in [9.17, 15) is 14.4 Å². The number of pyridine rings is 1. The number of rotatable bonds is 3. The number of benzene rings is 1. The largest absolute Gasteiger partial charge is 0.495 e. The molecule has 1 aromatic carbocycles. The highest BCUT2D eigenvalue weighted by Crippen LogP contribution is 2.25. The summed E-state index contributed by atoms with van der Waals surface area (Å²) in [4.78, 5) is 45.3. The second-order valence-corrected chi connectivity index (χ2v) is 7.91. The van der Waals surface area contributed by atoms with Crippen molar-refractivity contribution < 1.29 is 14.3 Å². The molecule has 0 aliphatic carbocycles. The van der Waals surface area contributed by atoms with E-state index in [1.54, 1.807) is 22.8 Å². The molecule has 0 saturated carbocycles. The molecule has 0 radical (unpaired) electrons. The van der Waals surface area contributed by atoms with E-state index in [4.69, 9.17) is 4.74 Å². The number of piperazine rings is 1. The summed E-state index contributed by atoms with van der Waals surface area (Å²) < 4.78 is 9.16. The van der Waals surface area contributed by atoms with Crippen molar-refractivity contribution in [2.45, 2.75) is 13.8 Å². The molecule has 2 amide bonds. The lowest BCUT2D eigenvalue weighted by Gasteiger charge is -2.34. The molecule has 156 valence electrons. The Hall–Kier alpha value is -3.27. The number of ether oxygens (including phenoxy) is 1. The monoisotopic (exact) mass is 427 g/mol. The first-order valence-corrected chi connectivity index (χ1v) is 10.3. The van der Waals surface area contributed by atoms with E-state index in [0.29, 0.717) is 53.4 Å². The number of methoxy groups -OCH3 is 1. The number of fused-ring (bicyclic) bond motifs is 1. The van der Waals surface area contributed by atoms with E-state index in [-0.39, 0.29) is 22.9 Å². The van der Waals surface area contributed by atoms with Crippen LogP contribution in [-0.4, -0.2) is 69.5 Å². The molecule has 10 heteroatoms. The Labute approximate surface area is 176 Å². The zero-order chi connectivity index (χ0) is 21.4. The maximum atomic E-state index is 13.0. The number of hydrogen-bond donors (Lipinski definition) is 1. The van der Waals surface area contributed by atoms with E-state index in [0.717, 1.165) is 17.1 Å². The summed E-state index contributed by atoms with van der Waals surface area (Å²) in [6.45, 7) is 5.16. The molecule has 0 bridgehead atoms. The third kappa shape index (κ3) is 3.43. The quantitative estimate of drug-likeness (QED) is 0.680. The second kappa shape index (κ2) is 7.86. The van der Waals surface area contributed by atoms with Gasteiger partial charge < -0.3 is 19.5 Å². The second-order valence-electron chi connectivity index (χ2n) is 7.15. The average molecular weight is 427 g/mol. The van der Waals surface area contributed by atoms with Gasteiger partial charge in [-0.15, -0.1) is 5.10 Å². The molecule has 30 heavy (non-hydrogen) atoms. The SMILES string of the molecule is COc1ccc(C)c2c(=O)cc(C(=O)N3CCN(C(=O)c4snnc4C)CC3)[nH]c12. The van der Waals surface area contributed by atoms with Crippen LogP contribution >= 0.6 is 11.5 Å². The number of nitrogens with zero attached hydrogens (tertiary/aromatic N) is 4. The Morgan fingerprint density at radius 1 is 1.10 bits per heavy atom. The highest BCUT2D eigenvalue weighted by Gasteiger charge is 2.28. The number of H-pyrrole nitrogens is 1. The van der Waals surface area contributed by atoms with Gasteiger partial charge in [-0.1, -0.05) is 10.6 Å². The lowest BCUT2D eigenvalue weighted by Crippen LogP contribution is -2.50. The molecule has 4 rings (SSSR count). The Balaban J connectivity index is 1.55. The molecule has 3 aromatic rings. The number of carbonyl (C=O) groups is 2. The molecular weight excluding hydrogens is 406 g/mol. The van der Waals surface area contributed by atoms with Gasteiger partial charge in [0.2, 0.25) is 0 Å². The van der Waals surface area contributed by atoms with Crippen LogP contribution in [0.25, 0.3) is 10.9 Å². The number of aromatic nitrogens is 3. The maximum absolute atomic E-state index is 13.0. The number of aromatic amines is 1. The molecule has 3 heterocycles. The number of nitrogens with one attached hydrogen (secondary N) is 1. The molecule has 1 fully saturated rings. The summed E-state index contributed by atoms with van der Waals surface area (Å²) in [6.07, 6.45) is 0. The van der Waals surface area contributed by atoms with Gasteiger partial charge in [0.25, 0.3) is 11.8 Å².